The molecule has 2 heterocycles. The Morgan fingerprint density at radius 2 is 2.18 bits per heavy atom. The minimum atomic E-state index is 0.510. The second-order valence-corrected chi connectivity index (χ2v) is 7.04. The lowest BCUT2D eigenvalue weighted by Gasteiger charge is -2.21. The summed E-state index contributed by atoms with van der Waals surface area (Å²) in [6, 6.07) is 5.89. The zero-order valence-electron chi connectivity index (χ0n) is 17.3. The standard InChI is InChI=1S/C21H31N5O2/c1-5-22-21(26-11-9-17(15-26)18-13-24-25(2)14-18)23-10-8-16-12-19(27-3)6-7-20(16)28-4/h6-7,12-14,17H,5,8-11,15H2,1-4H3,(H,22,23). The van der Waals surface area contributed by atoms with Gasteiger partial charge in [0.25, 0.3) is 0 Å². The average molecular weight is 386 g/mol. The molecular weight excluding hydrogens is 354 g/mol. The molecule has 1 fully saturated rings. The van der Waals surface area contributed by atoms with Crippen molar-refractivity contribution in [2.75, 3.05) is 40.4 Å². The Bertz CT molecular complexity index is 802. The first-order valence-electron chi connectivity index (χ1n) is 9.87. The predicted octanol–water partition coefficient (Wildman–Crippen LogP) is 2.43. The Morgan fingerprint density at radius 3 is 2.86 bits per heavy atom. The number of likely N-dealkylation sites (tertiary alicyclic amines) is 1. The number of hydrogen-bond acceptors (Lipinski definition) is 4. The third kappa shape index (κ3) is 4.77. The predicted molar refractivity (Wildman–Crippen MR) is 111 cm³/mol. The van der Waals surface area contributed by atoms with Crippen LogP contribution in [0.5, 0.6) is 11.5 Å². The van der Waals surface area contributed by atoms with E-state index in [4.69, 9.17) is 14.5 Å². The summed E-state index contributed by atoms with van der Waals surface area (Å²) in [4.78, 5) is 7.22. The van der Waals surface area contributed by atoms with E-state index in [1.165, 1.54) is 5.56 Å². The molecule has 0 radical (unpaired) electrons. The average Bonchev–Trinajstić information content (AvgIpc) is 3.36. The summed E-state index contributed by atoms with van der Waals surface area (Å²) in [7, 11) is 5.34. The van der Waals surface area contributed by atoms with Gasteiger partial charge in [0.15, 0.2) is 5.96 Å². The maximum absolute atomic E-state index is 5.48. The number of rotatable bonds is 7. The minimum absolute atomic E-state index is 0.510. The highest BCUT2D eigenvalue weighted by atomic mass is 16.5. The van der Waals surface area contributed by atoms with Crippen molar-refractivity contribution in [2.45, 2.75) is 25.7 Å². The van der Waals surface area contributed by atoms with Crippen LogP contribution in [0.2, 0.25) is 0 Å². The van der Waals surface area contributed by atoms with Crippen LogP contribution < -0.4 is 14.8 Å². The number of ether oxygens (including phenoxy) is 2. The molecule has 1 N–H and O–H groups in total. The van der Waals surface area contributed by atoms with Crippen LogP contribution in [-0.4, -0.2) is 61.0 Å². The molecule has 1 unspecified atom stereocenters. The van der Waals surface area contributed by atoms with Crippen molar-refractivity contribution in [3.63, 3.8) is 0 Å². The van der Waals surface area contributed by atoms with E-state index in [-0.39, 0.29) is 0 Å². The highest BCUT2D eigenvalue weighted by Crippen LogP contribution is 2.27. The number of aryl methyl sites for hydroxylation is 1. The molecule has 7 heteroatoms. The number of benzene rings is 1. The summed E-state index contributed by atoms with van der Waals surface area (Å²) in [6.45, 7) is 5.64. The van der Waals surface area contributed by atoms with Gasteiger partial charge in [0, 0.05) is 45.3 Å². The molecule has 28 heavy (non-hydrogen) atoms. The molecule has 1 aromatic heterocycles. The van der Waals surface area contributed by atoms with Crippen molar-refractivity contribution in [3.8, 4) is 11.5 Å². The molecule has 1 aromatic carbocycles. The second kappa shape index (κ2) is 9.48. The van der Waals surface area contributed by atoms with Gasteiger partial charge in [0.1, 0.15) is 11.5 Å². The van der Waals surface area contributed by atoms with Crippen LogP contribution in [0.4, 0.5) is 0 Å². The van der Waals surface area contributed by atoms with E-state index < -0.39 is 0 Å². The maximum atomic E-state index is 5.48. The monoisotopic (exact) mass is 385 g/mol. The SMILES string of the molecule is CCNC(=NCCc1cc(OC)ccc1OC)N1CCC(c2cnn(C)c2)C1. The van der Waals surface area contributed by atoms with E-state index in [1.54, 1.807) is 14.2 Å². The summed E-state index contributed by atoms with van der Waals surface area (Å²) in [5.41, 5.74) is 2.41. The van der Waals surface area contributed by atoms with Crippen molar-refractivity contribution in [2.24, 2.45) is 12.0 Å². The lowest BCUT2D eigenvalue weighted by atomic mass is 10.0. The Kier molecular flexibility index (Phi) is 6.79. The normalized spacial score (nSPS) is 17.1. The van der Waals surface area contributed by atoms with Gasteiger partial charge in [-0.05, 0) is 49.1 Å². The third-order valence-electron chi connectivity index (χ3n) is 5.15. The second-order valence-electron chi connectivity index (χ2n) is 7.04. The molecule has 0 bridgehead atoms. The van der Waals surface area contributed by atoms with E-state index in [0.29, 0.717) is 12.5 Å². The van der Waals surface area contributed by atoms with Gasteiger partial charge in [-0.3, -0.25) is 9.67 Å². The molecular formula is C21H31N5O2. The molecule has 2 aromatic rings. The van der Waals surface area contributed by atoms with E-state index in [9.17, 15) is 0 Å². The van der Waals surface area contributed by atoms with Crippen LogP contribution in [0.3, 0.4) is 0 Å². The molecule has 1 saturated heterocycles. The number of aliphatic imine (C=N–C) groups is 1. The summed E-state index contributed by atoms with van der Waals surface area (Å²) in [5, 5.41) is 7.75. The number of hydrogen-bond donors (Lipinski definition) is 1. The summed E-state index contributed by atoms with van der Waals surface area (Å²) < 4.78 is 12.7. The molecule has 0 amide bonds. The largest absolute Gasteiger partial charge is 0.497 e. The van der Waals surface area contributed by atoms with Crippen molar-refractivity contribution >= 4 is 5.96 Å². The molecule has 0 spiro atoms. The topological polar surface area (TPSA) is 63.9 Å². The number of aromatic nitrogens is 2. The van der Waals surface area contributed by atoms with Crippen LogP contribution in [0, 0.1) is 0 Å². The first-order chi connectivity index (χ1) is 13.6. The molecule has 7 nitrogen and oxygen atoms in total. The van der Waals surface area contributed by atoms with Gasteiger partial charge in [-0.2, -0.15) is 5.10 Å². The molecule has 1 aliphatic heterocycles. The van der Waals surface area contributed by atoms with Crippen molar-refractivity contribution < 1.29 is 9.47 Å². The highest BCUT2D eigenvalue weighted by molar-refractivity contribution is 5.80. The Labute approximate surface area is 167 Å². The fourth-order valence-electron chi connectivity index (χ4n) is 3.66. The zero-order valence-corrected chi connectivity index (χ0v) is 17.3. The van der Waals surface area contributed by atoms with Gasteiger partial charge in [-0.25, -0.2) is 0 Å². The van der Waals surface area contributed by atoms with Crippen molar-refractivity contribution in [3.05, 3.63) is 41.7 Å². The number of nitrogens with one attached hydrogen (secondary N) is 1. The molecule has 0 aliphatic carbocycles. The van der Waals surface area contributed by atoms with Gasteiger partial charge in [-0.15, -0.1) is 0 Å². The highest BCUT2D eigenvalue weighted by Gasteiger charge is 2.26. The van der Waals surface area contributed by atoms with E-state index in [0.717, 1.165) is 55.5 Å². The molecule has 1 aliphatic rings. The van der Waals surface area contributed by atoms with Crippen LogP contribution in [-0.2, 0) is 13.5 Å². The molecule has 0 saturated carbocycles. The van der Waals surface area contributed by atoms with Crippen molar-refractivity contribution in [1.82, 2.24) is 20.0 Å². The van der Waals surface area contributed by atoms with Gasteiger partial charge >= 0.3 is 0 Å². The smallest absolute Gasteiger partial charge is 0.193 e. The lowest BCUT2D eigenvalue weighted by Crippen LogP contribution is -2.40. The molecule has 152 valence electrons. The van der Waals surface area contributed by atoms with Gasteiger partial charge in [0.05, 0.1) is 20.4 Å². The summed E-state index contributed by atoms with van der Waals surface area (Å²) in [6.07, 6.45) is 6.02. The first-order valence-corrected chi connectivity index (χ1v) is 9.87. The van der Waals surface area contributed by atoms with Crippen LogP contribution in [0.1, 0.15) is 30.4 Å². The van der Waals surface area contributed by atoms with Gasteiger partial charge in [-0.1, -0.05) is 0 Å². The first kappa shape index (κ1) is 20.0. The zero-order chi connectivity index (χ0) is 19.9. The Morgan fingerprint density at radius 1 is 1.32 bits per heavy atom. The lowest BCUT2D eigenvalue weighted by molar-refractivity contribution is 0.399. The number of nitrogens with zero attached hydrogens (tertiary/aromatic N) is 4. The summed E-state index contributed by atoms with van der Waals surface area (Å²) in [5.74, 6) is 3.20. The fraction of sp³-hybridized carbons (Fsp3) is 0.524. The quantitative estimate of drug-likeness (QED) is 0.586. The Hall–Kier alpha value is -2.70. The Balaban J connectivity index is 1.65. The van der Waals surface area contributed by atoms with E-state index >= 15 is 0 Å². The molecule has 3 rings (SSSR count). The molecule has 1 atom stereocenters. The third-order valence-corrected chi connectivity index (χ3v) is 5.15. The number of methoxy groups -OCH3 is 2. The number of guanidine groups is 1. The van der Waals surface area contributed by atoms with E-state index in [1.807, 2.05) is 36.1 Å². The van der Waals surface area contributed by atoms with Gasteiger partial charge in [0.2, 0.25) is 0 Å². The fourth-order valence-corrected chi connectivity index (χ4v) is 3.66. The van der Waals surface area contributed by atoms with Crippen LogP contribution in [0.25, 0.3) is 0 Å². The minimum Gasteiger partial charge on any atom is -0.497 e. The van der Waals surface area contributed by atoms with Crippen LogP contribution >= 0.6 is 0 Å². The maximum Gasteiger partial charge on any atom is 0.193 e. The van der Waals surface area contributed by atoms with Crippen LogP contribution in [0.15, 0.2) is 35.6 Å². The van der Waals surface area contributed by atoms with E-state index in [2.05, 4.69) is 28.4 Å². The summed E-state index contributed by atoms with van der Waals surface area (Å²) >= 11 is 0. The van der Waals surface area contributed by atoms with Gasteiger partial charge < -0.3 is 19.7 Å². The van der Waals surface area contributed by atoms with Crippen molar-refractivity contribution in [1.29, 1.82) is 0 Å².